The predicted octanol–water partition coefficient (Wildman–Crippen LogP) is 1.72. The number of nitrogens with zero attached hydrogens (tertiary/aromatic N) is 2. The van der Waals surface area contributed by atoms with Crippen molar-refractivity contribution in [3.05, 3.63) is 35.9 Å². The number of furan rings is 1. The third kappa shape index (κ3) is 3.61. The van der Waals surface area contributed by atoms with Gasteiger partial charge >= 0.3 is 18.1 Å². The molecule has 0 aliphatic carbocycles. The van der Waals surface area contributed by atoms with Crippen LogP contribution in [0.4, 0.5) is 19.0 Å². The summed E-state index contributed by atoms with van der Waals surface area (Å²) in [6.45, 7) is 0.00910. The van der Waals surface area contributed by atoms with Crippen LogP contribution in [-0.4, -0.2) is 32.9 Å². The highest BCUT2D eigenvalue weighted by Crippen LogP contribution is 2.17. The third-order valence-electron chi connectivity index (χ3n) is 2.33. The standard InChI is InChI=1S/C11H8F3N3O4/c12-11(13,14)10(20)15-8-3-4-17(16-8)5-6-1-2-7(21-6)9(18)19/h1-4H,5H2,(H,18,19)(H,15,16,20). The molecule has 0 fully saturated rings. The maximum Gasteiger partial charge on any atom is 0.471 e. The maximum absolute atomic E-state index is 12.0. The van der Waals surface area contributed by atoms with Gasteiger partial charge in [-0.2, -0.15) is 18.3 Å². The minimum atomic E-state index is -5.00. The number of rotatable bonds is 4. The van der Waals surface area contributed by atoms with E-state index in [9.17, 15) is 22.8 Å². The maximum atomic E-state index is 12.0. The van der Waals surface area contributed by atoms with E-state index in [1.54, 1.807) is 5.32 Å². The molecule has 2 rings (SSSR count). The molecular weight excluding hydrogens is 295 g/mol. The lowest BCUT2D eigenvalue weighted by molar-refractivity contribution is -0.167. The molecule has 0 spiro atoms. The van der Waals surface area contributed by atoms with Gasteiger partial charge in [0.05, 0.1) is 6.54 Å². The van der Waals surface area contributed by atoms with Gasteiger partial charge < -0.3 is 14.8 Å². The molecule has 2 aromatic rings. The number of nitrogens with one attached hydrogen (secondary N) is 1. The van der Waals surface area contributed by atoms with E-state index in [2.05, 4.69) is 5.10 Å². The van der Waals surface area contributed by atoms with Crippen molar-refractivity contribution in [1.82, 2.24) is 9.78 Å². The first kappa shape index (κ1) is 14.6. The molecule has 0 atom stereocenters. The van der Waals surface area contributed by atoms with Crippen molar-refractivity contribution in [2.75, 3.05) is 5.32 Å². The number of amides is 1. The van der Waals surface area contributed by atoms with Crippen LogP contribution in [0.1, 0.15) is 16.3 Å². The Morgan fingerprint density at radius 3 is 2.62 bits per heavy atom. The monoisotopic (exact) mass is 303 g/mol. The number of carbonyl (C=O) groups excluding carboxylic acids is 1. The molecule has 2 N–H and O–H groups in total. The fourth-order valence-corrected chi connectivity index (χ4v) is 1.44. The topological polar surface area (TPSA) is 97.4 Å². The van der Waals surface area contributed by atoms with E-state index < -0.39 is 18.1 Å². The zero-order chi connectivity index (χ0) is 15.6. The van der Waals surface area contributed by atoms with Gasteiger partial charge in [-0.1, -0.05) is 0 Å². The summed E-state index contributed by atoms with van der Waals surface area (Å²) in [5, 5.41) is 14.0. The van der Waals surface area contributed by atoms with Crippen LogP contribution in [0.3, 0.4) is 0 Å². The molecule has 0 bridgehead atoms. The van der Waals surface area contributed by atoms with E-state index in [-0.39, 0.29) is 23.9 Å². The van der Waals surface area contributed by atoms with Crippen LogP contribution in [0.5, 0.6) is 0 Å². The molecule has 10 heteroatoms. The molecule has 112 valence electrons. The summed E-state index contributed by atoms with van der Waals surface area (Å²) in [4.78, 5) is 21.3. The number of hydrogen-bond donors (Lipinski definition) is 2. The molecule has 0 aromatic carbocycles. The van der Waals surface area contributed by atoms with Crippen molar-refractivity contribution in [3.63, 3.8) is 0 Å². The minimum absolute atomic E-state index is 0.00910. The molecular formula is C11H8F3N3O4. The van der Waals surface area contributed by atoms with Gasteiger partial charge in [0.2, 0.25) is 5.76 Å². The van der Waals surface area contributed by atoms with Crippen LogP contribution in [-0.2, 0) is 11.3 Å². The van der Waals surface area contributed by atoms with Crippen molar-refractivity contribution in [3.8, 4) is 0 Å². The summed E-state index contributed by atoms with van der Waals surface area (Å²) in [5.74, 6) is -3.65. The molecule has 2 heterocycles. The minimum Gasteiger partial charge on any atom is -0.475 e. The number of halogens is 3. The van der Waals surface area contributed by atoms with Crippen molar-refractivity contribution >= 4 is 17.7 Å². The number of carbonyl (C=O) groups is 2. The Bertz CT molecular complexity index is 674. The van der Waals surface area contributed by atoms with E-state index in [0.29, 0.717) is 0 Å². The van der Waals surface area contributed by atoms with Gasteiger partial charge in [-0.15, -0.1) is 0 Å². The lowest BCUT2D eigenvalue weighted by Crippen LogP contribution is -2.30. The van der Waals surface area contributed by atoms with E-state index in [4.69, 9.17) is 9.52 Å². The zero-order valence-corrected chi connectivity index (χ0v) is 10.2. The highest BCUT2D eigenvalue weighted by atomic mass is 19.4. The van der Waals surface area contributed by atoms with Gasteiger partial charge in [-0.05, 0) is 12.1 Å². The first-order valence-corrected chi connectivity index (χ1v) is 5.49. The second-order valence-corrected chi connectivity index (χ2v) is 3.92. The molecule has 0 unspecified atom stereocenters. The molecule has 0 aliphatic rings. The van der Waals surface area contributed by atoms with E-state index in [1.165, 1.54) is 29.1 Å². The SMILES string of the molecule is O=C(O)c1ccc(Cn2ccc(NC(=O)C(F)(F)F)n2)o1. The fraction of sp³-hybridized carbons (Fsp3) is 0.182. The molecule has 21 heavy (non-hydrogen) atoms. The predicted molar refractivity (Wildman–Crippen MR) is 61.7 cm³/mol. The normalized spacial score (nSPS) is 11.4. The number of carboxylic acid groups (broad SMARTS) is 1. The Hall–Kier alpha value is -2.78. The number of aromatic carboxylic acids is 1. The second kappa shape index (κ2) is 5.31. The van der Waals surface area contributed by atoms with Gasteiger partial charge in [-0.25, -0.2) is 4.79 Å². The van der Waals surface area contributed by atoms with Crippen LogP contribution in [0, 0.1) is 0 Å². The zero-order valence-electron chi connectivity index (χ0n) is 10.2. The molecule has 7 nitrogen and oxygen atoms in total. The first-order valence-electron chi connectivity index (χ1n) is 5.49. The number of hydrogen-bond acceptors (Lipinski definition) is 4. The van der Waals surface area contributed by atoms with E-state index in [0.717, 1.165) is 0 Å². The lowest BCUT2D eigenvalue weighted by atomic mass is 10.4. The molecule has 0 saturated heterocycles. The molecule has 2 aromatic heterocycles. The number of anilines is 1. The smallest absolute Gasteiger partial charge is 0.471 e. The molecule has 0 radical (unpaired) electrons. The second-order valence-electron chi connectivity index (χ2n) is 3.92. The van der Waals surface area contributed by atoms with Crippen LogP contribution in [0.2, 0.25) is 0 Å². The Labute approximate surface area is 115 Å². The van der Waals surface area contributed by atoms with Crippen LogP contribution < -0.4 is 5.32 Å². The Balaban J connectivity index is 2.03. The Morgan fingerprint density at radius 2 is 2.05 bits per heavy atom. The average Bonchev–Trinajstić information content (AvgIpc) is 2.98. The van der Waals surface area contributed by atoms with Crippen molar-refractivity contribution in [1.29, 1.82) is 0 Å². The Morgan fingerprint density at radius 1 is 1.33 bits per heavy atom. The van der Waals surface area contributed by atoms with Gasteiger partial charge in [0.25, 0.3) is 0 Å². The molecule has 0 saturated carbocycles. The summed E-state index contributed by atoms with van der Waals surface area (Å²) >= 11 is 0. The number of alkyl halides is 3. The van der Waals surface area contributed by atoms with Crippen LogP contribution >= 0.6 is 0 Å². The summed E-state index contributed by atoms with van der Waals surface area (Å²) in [6, 6.07) is 3.82. The van der Waals surface area contributed by atoms with Crippen molar-refractivity contribution < 1.29 is 32.3 Å². The molecule has 0 aliphatic heterocycles. The quantitative estimate of drug-likeness (QED) is 0.896. The van der Waals surface area contributed by atoms with Gasteiger partial charge in [0, 0.05) is 12.3 Å². The van der Waals surface area contributed by atoms with Crippen LogP contribution in [0.25, 0.3) is 0 Å². The summed E-state index contributed by atoms with van der Waals surface area (Å²) < 4.78 is 42.3. The molecule has 1 amide bonds. The Kier molecular flexibility index (Phi) is 3.70. The van der Waals surface area contributed by atoms with Gasteiger partial charge in [0.15, 0.2) is 5.82 Å². The third-order valence-corrected chi connectivity index (χ3v) is 2.33. The van der Waals surface area contributed by atoms with E-state index in [1.807, 2.05) is 0 Å². The number of carboxylic acids is 1. The summed E-state index contributed by atoms with van der Waals surface area (Å²) in [7, 11) is 0. The summed E-state index contributed by atoms with van der Waals surface area (Å²) in [6.07, 6.45) is -3.68. The average molecular weight is 303 g/mol. The van der Waals surface area contributed by atoms with E-state index >= 15 is 0 Å². The van der Waals surface area contributed by atoms with Crippen molar-refractivity contribution in [2.24, 2.45) is 0 Å². The summed E-state index contributed by atoms with van der Waals surface area (Å²) in [5.41, 5.74) is 0. The van der Waals surface area contributed by atoms with Crippen LogP contribution in [0.15, 0.2) is 28.8 Å². The number of aromatic nitrogens is 2. The highest BCUT2D eigenvalue weighted by molar-refractivity contribution is 5.94. The lowest BCUT2D eigenvalue weighted by Gasteiger charge is -2.04. The van der Waals surface area contributed by atoms with Crippen molar-refractivity contribution in [2.45, 2.75) is 12.7 Å². The highest BCUT2D eigenvalue weighted by Gasteiger charge is 2.39. The largest absolute Gasteiger partial charge is 0.475 e. The first-order chi connectivity index (χ1) is 9.75. The fourth-order valence-electron chi connectivity index (χ4n) is 1.44. The van der Waals surface area contributed by atoms with Gasteiger partial charge in [0.1, 0.15) is 5.76 Å². The van der Waals surface area contributed by atoms with Gasteiger partial charge in [-0.3, -0.25) is 9.48 Å².